The number of aromatic nitrogens is 3. The number of aryl methyl sites for hydroxylation is 1. The summed E-state index contributed by atoms with van der Waals surface area (Å²) in [5.41, 5.74) is 5.52. The Morgan fingerprint density at radius 1 is 1.50 bits per heavy atom. The molecular formula is C11H22N4O. The molecule has 0 spiro atoms. The van der Waals surface area contributed by atoms with Crippen molar-refractivity contribution in [2.75, 3.05) is 20.3 Å². The van der Waals surface area contributed by atoms with Crippen molar-refractivity contribution in [3.63, 3.8) is 0 Å². The van der Waals surface area contributed by atoms with Crippen LogP contribution in [0, 0.1) is 5.92 Å². The van der Waals surface area contributed by atoms with Gasteiger partial charge in [0.15, 0.2) is 0 Å². The zero-order valence-electron chi connectivity index (χ0n) is 10.2. The molecule has 0 aromatic carbocycles. The molecule has 0 bridgehead atoms. The Bertz CT molecular complexity index is 287. The molecule has 1 aromatic heterocycles. The monoisotopic (exact) mass is 226 g/mol. The first-order valence-corrected chi connectivity index (χ1v) is 5.83. The molecule has 0 aliphatic rings. The van der Waals surface area contributed by atoms with Gasteiger partial charge in [0.25, 0.3) is 0 Å². The maximum atomic E-state index is 5.52. The molecule has 5 nitrogen and oxygen atoms in total. The fraction of sp³-hybridized carbons (Fsp3) is 0.818. The van der Waals surface area contributed by atoms with E-state index in [0.29, 0.717) is 12.5 Å². The second kappa shape index (κ2) is 7.35. The smallest absolute Gasteiger partial charge is 0.132 e. The SMILES string of the molecule is COCCn1cnnc1CCC(C)CCN. The average molecular weight is 226 g/mol. The zero-order chi connectivity index (χ0) is 11.8. The highest BCUT2D eigenvalue weighted by atomic mass is 16.5. The van der Waals surface area contributed by atoms with Gasteiger partial charge in [0, 0.05) is 20.1 Å². The van der Waals surface area contributed by atoms with Crippen molar-refractivity contribution in [2.24, 2.45) is 11.7 Å². The number of nitrogens with two attached hydrogens (primary N) is 1. The van der Waals surface area contributed by atoms with E-state index in [1.165, 1.54) is 0 Å². The molecule has 2 N–H and O–H groups in total. The average Bonchev–Trinajstić information content (AvgIpc) is 2.71. The van der Waals surface area contributed by atoms with Gasteiger partial charge in [-0.25, -0.2) is 0 Å². The van der Waals surface area contributed by atoms with Crippen molar-refractivity contribution in [2.45, 2.75) is 32.7 Å². The van der Waals surface area contributed by atoms with Gasteiger partial charge in [0.05, 0.1) is 6.61 Å². The quantitative estimate of drug-likeness (QED) is 0.713. The second-order valence-electron chi connectivity index (χ2n) is 4.15. The van der Waals surface area contributed by atoms with Crippen molar-refractivity contribution < 1.29 is 4.74 Å². The van der Waals surface area contributed by atoms with Gasteiger partial charge in [0.2, 0.25) is 0 Å². The third-order valence-electron chi connectivity index (χ3n) is 2.75. The summed E-state index contributed by atoms with van der Waals surface area (Å²) in [4.78, 5) is 0. The van der Waals surface area contributed by atoms with Crippen LogP contribution in [0.25, 0.3) is 0 Å². The van der Waals surface area contributed by atoms with Crippen LogP contribution in [0.4, 0.5) is 0 Å². The molecule has 1 aromatic rings. The fourth-order valence-corrected chi connectivity index (χ4v) is 1.65. The highest BCUT2D eigenvalue weighted by molar-refractivity contribution is 4.86. The predicted molar refractivity (Wildman–Crippen MR) is 63.1 cm³/mol. The molecule has 0 fully saturated rings. The lowest BCUT2D eigenvalue weighted by Gasteiger charge is -2.10. The minimum absolute atomic E-state index is 0.651. The number of hydrogen-bond acceptors (Lipinski definition) is 4. The zero-order valence-corrected chi connectivity index (χ0v) is 10.2. The molecule has 16 heavy (non-hydrogen) atoms. The molecule has 0 saturated carbocycles. The minimum atomic E-state index is 0.651. The Hall–Kier alpha value is -0.940. The largest absolute Gasteiger partial charge is 0.383 e. The first-order chi connectivity index (χ1) is 7.77. The van der Waals surface area contributed by atoms with E-state index in [4.69, 9.17) is 10.5 Å². The van der Waals surface area contributed by atoms with E-state index in [0.717, 1.165) is 38.2 Å². The summed E-state index contributed by atoms with van der Waals surface area (Å²) in [5.74, 6) is 1.69. The van der Waals surface area contributed by atoms with Crippen LogP contribution in [0.5, 0.6) is 0 Å². The Balaban J connectivity index is 2.37. The summed E-state index contributed by atoms with van der Waals surface area (Å²) in [6.45, 7) is 4.51. The summed E-state index contributed by atoms with van der Waals surface area (Å²) in [5, 5.41) is 8.06. The summed E-state index contributed by atoms with van der Waals surface area (Å²) in [6, 6.07) is 0. The van der Waals surface area contributed by atoms with E-state index in [-0.39, 0.29) is 0 Å². The minimum Gasteiger partial charge on any atom is -0.383 e. The van der Waals surface area contributed by atoms with Gasteiger partial charge in [-0.05, 0) is 25.3 Å². The van der Waals surface area contributed by atoms with Crippen LogP contribution >= 0.6 is 0 Å². The topological polar surface area (TPSA) is 66.0 Å². The Morgan fingerprint density at radius 3 is 3.00 bits per heavy atom. The first-order valence-electron chi connectivity index (χ1n) is 5.83. The van der Waals surface area contributed by atoms with Crippen LogP contribution in [-0.4, -0.2) is 35.0 Å². The molecule has 1 atom stereocenters. The van der Waals surface area contributed by atoms with E-state index >= 15 is 0 Å². The lowest BCUT2D eigenvalue weighted by molar-refractivity contribution is 0.186. The standard InChI is InChI=1S/C11H22N4O/c1-10(5-6-12)3-4-11-14-13-9-15(11)7-8-16-2/h9-10H,3-8,12H2,1-2H3. The normalized spacial score (nSPS) is 12.9. The van der Waals surface area contributed by atoms with Crippen molar-refractivity contribution >= 4 is 0 Å². The maximum Gasteiger partial charge on any atom is 0.132 e. The van der Waals surface area contributed by atoms with Crippen LogP contribution < -0.4 is 5.73 Å². The fourth-order valence-electron chi connectivity index (χ4n) is 1.65. The lowest BCUT2D eigenvalue weighted by Crippen LogP contribution is -2.10. The van der Waals surface area contributed by atoms with Crippen LogP contribution in [0.2, 0.25) is 0 Å². The van der Waals surface area contributed by atoms with Crippen LogP contribution in [-0.2, 0) is 17.7 Å². The second-order valence-corrected chi connectivity index (χ2v) is 4.15. The van der Waals surface area contributed by atoms with Gasteiger partial charge < -0.3 is 15.0 Å². The summed E-state index contributed by atoms with van der Waals surface area (Å²) in [6.07, 6.45) is 4.92. The molecule has 0 aliphatic heterocycles. The molecular weight excluding hydrogens is 204 g/mol. The molecule has 0 aliphatic carbocycles. The third-order valence-corrected chi connectivity index (χ3v) is 2.75. The molecule has 5 heteroatoms. The third kappa shape index (κ3) is 4.28. The number of hydrogen-bond donors (Lipinski definition) is 1. The summed E-state index contributed by atoms with van der Waals surface area (Å²) < 4.78 is 7.10. The maximum absolute atomic E-state index is 5.52. The van der Waals surface area contributed by atoms with Crippen LogP contribution in [0.1, 0.15) is 25.6 Å². The molecule has 1 heterocycles. The molecule has 0 radical (unpaired) electrons. The Labute approximate surface area is 97.0 Å². The highest BCUT2D eigenvalue weighted by Gasteiger charge is 2.07. The van der Waals surface area contributed by atoms with Gasteiger partial charge in [-0.15, -0.1) is 10.2 Å². The van der Waals surface area contributed by atoms with Crippen molar-refractivity contribution in [1.29, 1.82) is 0 Å². The highest BCUT2D eigenvalue weighted by Crippen LogP contribution is 2.10. The van der Waals surface area contributed by atoms with E-state index in [2.05, 4.69) is 21.7 Å². The molecule has 1 rings (SSSR count). The first kappa shape index (κ1) is 13.1. The molecule has 0 amide bonds. The van der Waals surface area contributed by atoms with Crippen molar-refractivity contribution in [3.05, 3.63) is 12.2 Å². The summed E-state index contributed by atoms with van der Waals surface area (Å²) >= 11 is 0. The lowest BCUT2D eigenvalue weighted by atomic mass is 10.0. The Morgan fingerprint density at radius 2 is 2.31 bits per heavy atom. The van der Waals surface area contributed by atoms with Gasteiger partial charge >= 0.3 is 0 Å². The van der Waals surface area contributed by atoms with E-state index in [9.17, 15) is 0 Å². The van der Waals surface area contributed by atoms with Gasteiger partial charge in [0.1, 0.15) is 12.2 Å². The van der Waals surface area contributed by atoms with Crippen molar-refractivity contribution in [3.8, 4) is 0 Å². The van der Waals surface area contributed by atoms with Gasteiger partial charge in [-0.2, -0.15) is 0 Å². The van der Waals surface area contributed by atoms with Crippen LogP contribution in [0.15, 0.2) is 6.33 Å². The van der Waals surface area contributed by atoms with Crippen LogP contribution in [0.3, 0.4) is 0 Å². The number of ether oxygens (including phenoxy) is 1. The van der Waals surface area contributed by atoms with Gasteiger partial charge in [-0.3, -0.25) is 0 Å². The number of methoxy groups -OCH3 is 1. The summed E-state index contributed by atoms with van der Waals surface area (Å²) in [7, 11) is 1.70. The van der Waals surface area contributed by atoms with E-state index in [1.807, 2.05) is 0 Å². The van der Waals surface area contributed by atoms with Crippen molar-refractivity contribution in [1.82, 2.24) is 14.8 Å². The molecule has 0 saturated heterocycles. The molecule has 92 valence electrons. The number of rotatable bonds is 8. The number of nitrogens with zero attached hydrogens (tertiary/aromatic N) is 3. The van der Waals surface area contributed by atoms with E-state index in [1.54, 1.807) is 13.4 Å². The molecule has 1 unspecified atom stereocenters. The van der Waals surface area contributed by atoms with E-state index < -0.39 is 0 Å². The Kier molecular flexibility index (Phi) is 6.03. The van der Waals surface area contributed by atoms with Gasteiger partial charge in [-0.1, -0.05) is 6.92 Å². The predicted octanol–water partition coefficient (Wildman–Crippen LogP) is 0.842.